The van der Waals surface area contributed by atoms with Crippen molar-refractivity contribution >= 4 is 23.4 Å². The van der Waals surface area contributed by atoms with E-state index in [0.717, 1.165) is 25.9 Å². The third-order valence-corrected chi connectivity index (χ3v) is 4.41. The third-order valence-electron chi connectivity index (χ3n) is 3.72. The van der Waals surface area contributed by atoms with Gasteiger partial charge in [-0.3, -0.25) is 4.79 Å². The number of fused-ring (bicyclic) bond motifs is 1. The molecular weight excluding hydrogens is 268 g/mol. The van der Waals surface area contributed by atoms with Crippen molar-refractivity contribution in [1.29, 1.82) is 0 Å². The van der Waals surface area contributed by atoms with Gasteiger partial charge in [-0.15, -0.1) is 0 Å². The molecule has 1 aliphatic heterocycles. The number of benzene rings is 1. The molecule has 1 atom stereocenters. The van der Waals surface area contributed by atoms with E-state index in [4.69, 9.17) is 0 Å². The van der Waals surface area contributed by atoms with E-state index in [1.165, 1.54) is 29.8 Å². The molecule has 0 spiro atoms. The van der Waals surface area contributed by atoms with Crippen molar-refractivity contribution in [3.63, 3.8) is 0 Å². The van der Waals surface area contributed by atoms with E-state index >= 15 is 0 Å². The van der Waals surface area contributed by atoms with E-state index in [0.29, 0.717) is 0 Å². The van der Waals surface area contributed by atoms with Crippen LogP contribution in [0.25, 0.3) is 0 Å². The number of amides is 1. The molecule has 110 valence electrons. The lowest BCUT2D eigenvalue weighted by Gasteiger charge is -2.25. The van der Waals surface area contributed by atoms with E-state index in [2.05, 4.69) is 29.0 Å². The first-order valence-electron chi connectivity index (χ1n) is 7.39. The van der Waals surface area contributed by atoms with E-state index in [1.807, 2.05) is 23.9 Å². The Balaban J connectivity index is 1.69. The highest BCUT2D eigenvalue weighted by molar-refractivity contribution is 7.98. The second-order valence-corrected chi connectivity index (χ2v) is 6.27. The minimum Gasteiger partial charge on any atom is -0.384 e. The third kappa shape index (κ3) is 4.44. The number of para-hydroxylation sites is 1. The molecule has 1 heterocycles. The molecule has 0 fully saturated rings. The van der Waals surface area contributed by atoms with Crippen LogP contribution in [0.15, 0.2) is 24.3 Å². The Kier molecular flexibility index (Phi) is 6.25. The highest BCUT2D eigenvalue weighted by atomic mass is 32.2. The fourth-order valence-corrected chi connectivity index (χ4v) is 3.02. The van der Waals surface area contributed by atoms with Gasteiger partial charge in [0.2, 0.25) is 5.91 Å². The first-order chi connectivity index (χ1) is 9.81. The summed E-state index contributed by atoms with van der Waals surface area (Å²) in [7, 11) is 0. The van der Waals surface area contributed by atoms with Crippen LogP contribution in [0.1, 0.15) is 24.8 Å². The molecule has 1 aromatic carbocycles. The molecule has 2 rings (SSSR count). The molecule has 1 unspecified atom stereocenters. The summed E-state index contributed by atoms with van der Waals surface area (Å²) in [6.45, 7) is 1.56. The summed E-state index contributed by atoms with van der Waals surface area (Å²) in [5, 5.41) is 6.42. The SMILES string of the molecule is CSCCCCCNC(=O)C1CNc2ccccc2C1. The number of carbonyl (C=O) groups is 1. The van der Waals surface area contributed by atoms with Crippen LogP contribution in [-0.2, 0) is 11.2 Å². The summed E-state index contributed by atoms with van der Waals surface area (Å²) >= 11 is 1.89. The Morgan fingerprint density at radius 3 is 3.05 bits per heavy atom. The molecule has 1 amide bonds. The van der Waals surface area contributed by atoms with Crippen LogP contribution in [0.5, 0.6) is 0 Å². The number of hydrogen-bond acceptors (Lipinski definition) is 3. The maximum absolute atomic E-state index is 12.1. The van der Waals surface area contributed by atoms with Gasteiger partial charge in [0.25, 0.3) is 0 Å². The Morgan fingerprint density at radius 2 is 2.20 bits per heavy atom. The number of carbonyl (C=O) groups excluding carboxylic acids is 1. The van der Waals surface area contributed by atoms with Gasteiger partial charge in [-0.25, -0.2) is 0 Å². The maximum Gasteiger partial charge on any atom is 0.225 e. The quantitative estimate of drug-likeness (QED) is 0.759. The molecule has 0 aliphatic carbocycles. The second-order valence-electron chi connectivity index (χ2n) is 5.28. The van der Waals surface area contributed by atoms with E-state index in [-0.39, 0.29) is 11.8 Å². The monoisotopic (exact) mass is 292 g/mol. The molecule has 3 nitrogen and oxygen atoms in total. The van der Waals surface area contributed by atoms with Gasteiger partial charge in [-0.1, -0.05) is 24.6 Å². The number of anilines is 1. The normalized spacial score (nSPS) is 17.1. The highest BCUT2D eigenvalue weighted by Crippen LogP contribution is 2.24. The number of rotatable bonds is 7. The lowest BCUT2D eigenvalue weighted by atomic mass is 9.93. The lowest BCUT2D eigenvalue weighted by molar-refractivity contribution is -0.124. The van der Waals surface area contributed by atoms with E-state index in [1.54, 1.807) is 0 Å². The summed E-state index contributed by atoms with van der Waals surface area (Å²) in [4.78, 5) is 12.1. The molecule has 0 saturated carbocycles. The van der Waals surface area contributed by atoms with Gasteiger partial charge < -0.3 is 10.6 Å². The molecule has 1 aromatic rings. The zero-order valence-electron chi connectivity index (χ0n) is 12.2. The van der Waals surface area contributed by atoms with Crippen molar-refractivity contribution in [2.24, 2.45) is 5.92 Å². The Hall–Kier alpha value is -1.16. The van der Waals surface area contributed by atoms with Crippen molar-refractivity contribution in [2.75, 3.05) is 30.4 Å². The van der Waals surface area contributed by atoms with Crippen LogP contribution in [0.4, 0.5) is 5.69 Å². The van der Waals surface area contributed by atoms with Crippen LogP contribution < -0.4 is 10.6 Å². The van der Waals surface area contributed by atoms with Crippen LogP contribution in [0.2, 0.25) is 0 Å². The first-order valence-corrected chi connectivity index (χ1v) is 8.79. The Bertz CT molecular complexity index is 436. The fourth-order valence-electron chi connectivity index (χ4n) is 2.53. The topological polar surface area (TPSA) is 41.1 Å². The van der Waals surface area contributed by atoms with Crippen LogP contribution in [-0.4, -0.2) is 31.0 Å². The van der Waals surface area contributed by atoms with Crippen LogP contribution in [0.3, 0.4) is 0 Å². The minimum absolute atomic E-state index is 0.0658. The zero-order valence-corrected chi connectivity index (χ0v) is 13.0. The second kappa shape index (κ2) is 8.20. The van der Waals surface area contributed by atoms with Crippen molar-refractivity contribution in [3.05, 3.63) is 29.8 Å². The largest absolute Gasteiger partial charge is 0.384 e. The molecule has 0 aromatic heterocycles. The predicted octanol–water partition coefficient (Wildman–Crippen LogP) is 2.92. The lowest BCUT2D eigenvalue weighted by Crippen LogP contribution is -2.38. The number of hydrogen-bond donors (Lipinski definition) is 2. The van der Waals surface area contributed by atoms with Crippen molar-refractivity contribution in [2.45, 2.75) is 25.7 Å². The van der Waals surface area contributed by atoms with Crippen molar-refractivity contribution < 1.29 is 4.79 Å². The van der Waals surface area contributed by atoms with Crippen molar-refractivity contribution in [1.82, 2.24) is 5.32 Å². The van der Waals surface area contributed by atoms with E-state index in [9.17, 15) is 4.79 Å². The highest BCUT2D eigenvalue weighted by Gasteiger charge is 2.23. The molecule has 0 bridgehead atoms. The average Bonchev–Trinajstić information content (AvgIpc) is 2.50. The first kappa shape index (κ1) is 15.2. The molecule has 0 radical (unpaired) electrons. The molecular formula is C16H24N2OS. The predicted molar refractivity (Wildman–Crippen MR) is 87.4 cm³/mol. The average molecular weight is 292 g/mol. The zero-order chi connectivity index (χ0) is 14.2. The van der Waals surface area contributed by atoms with Gasteiger partial charge in [0.15, 0.2) is 0 Å². The summed E-state index contributed by atoms with van der Waals surface area (Å²) in [5.74, 6) is 1.48. The molecule has 2 N–H and O–H groups in total. The fraction of sp³-hybridized carbons (Fsp3) is 0.562. The van der Waals surface area contributed by atoms with E-state index < -0.39 is 0 Å². The van der Waals surface area contributed by atoms with Crippen LogP contribution >= 0.6 is 11.8 Å². The Labute approximate surface area is 125 Å². The Morgan fingerprint density at radius 1 is 1.35 bits per heavy atom. The minimum atomic E-state index is 0.0658. The molecule has 0 saturated heterocycles. The van der Waals surface area contributed by atoms with Crippen molar-refractivity contribution in [3.8, 4) is 0 Å². The molecule has 20 heavy (non-hydrogen) atoms. The van der Waals surface area contributed by atoms with Gasteiger partial charge in [0.1, 0.15) is 0 Å². The summed E-state index contributed by atoms with van der Waals surface area (Å²) in [6.07, 6.45) is 6.52. The summed E-state index contributed by atoms with van der Waals surface area (Å²) in [5.41, 5.74) is 2.42. The van der Waals surface area contributed by atoms with Gasteiger partial charge in [0, 0.05) is 18.8 Å². The van der Waals surface area contributed by atoms with Gasteiger partial charge in [-0.05, 0) is 42.9 Å². The summed E-state index contributed by atoms with van der Waals surface area (Å²) < 4.78 is 0. The number of thioether (sulfide) groups is 1. The molecule has 1 aliphatic rings. The maximum atomic E-state index is 12.1. The van der Waals surface area contributed by atoms with Gasteiger partial charge in [-0.2, -0.15) is 11.8 Å². The number of unbranched alkanes of at least 4 members (excludes halogenated alkanes) is 2. The van der Waals surface area contributed by atoms with Crippen LogP contribution in [0, 0.1) is 5.92 Å². The standard InChI is InChI=1S/C16H24N2OS/c1-20-10-6-2-5-9-17-16(19)14-11-13-7-3-4-8-15(13)18-12-14/h3-4,7-8,14,18H,2,5-6,9-12H2,1H3,(H,17,19). The molecule has 4 heteroatoms. The number of nitrogens with one attached hydrogen (secondary N) is 2. The van der Waals surface area contributed by atoms with Gasteiger partial charge in [0.05, 0.1) is 5.92 Å². The smallest absolute Gasteiger partial charge is 0.225 e. The van der Waals surface area contributed by atoms with Gasteiger partial charge >= 0.3 is 0 Å². The summed E-state index contributed by atoms with van der Waals surface area (Å²) in [6, 6.07) is 8.24.